The van der Waals surface area contributed by atoms with E-state index < -0.39 is 10.0 Å². The van der Waals surface area contributed by atoms with E-state index in [2.05, 4.69) is 20.7 Å². The molecule has 1 N–H and O–H groups in total. The van der Waals surface area contributed by atoms with Gasteiger partial charge in [-0.1, -0.05) is 0 Å². The molecular formula is C13H19BrN2O4S. The van der Waals surface area contributed by atoms with Crippen LogP contribution in [-0.2, 0) is 21.3 Å². The van der Waals surface area contributed by atoms with Crippen LogP contribution in [0.15, 0.2) is 21.7 Å². The number of aryl methyl sites for hydroxylation is 1. The molecule has 1 aliphatic heterocycles. The second kappa shape index (κ2) is 6.93. The molecular weight excluding hydrogens is 360 g/mol. The highest BCUT2D eigenvalue weighted by molar-refractivity contribution is 9.10. The van der Waals surface area contributed by atoms with Crippen molar-refractivity contribution in [2.75, 3.05) is 17.1 Å². The predicted octanol–water partition coefficient (Wildman–Crippen LogP) is 1.94. The van der Waals surface area contributed by atoms with Gasteiger partial charge in [-0.05, 0) is 42.1 Å². The van der Waals surface area contributed by atoms with Crippen molar-refractivity contribution in [2.45, 2.75) is 38.8 Å². The van der Waals surface area contributed by atoms with Gasteiger partial charge in [0.25, 0.3) is 0 Å². The summed E-state index contributed by atoms with van der Waals surface area (Å²) in [6, 6.07) is 0. The minimum atomic E-state index is -3.61. The Morgan fingerprint density at radius 2 is 2.19 bits per heavy atom. The van der Waals surface area contributed by atoms with E-state index in [1.807, 2.05) is 6.92 Å². The molecule has 0 bridgehead atoms. The van der Waals surface area contributed by atoms with Crippen LogP contribution < -0.4 is 10.2 Å². The van der Waals surface area contributed by atoms with Gasteiger partial charge in [-0.25, -0.2) is 8.42 Å². The Morgan fingerprint density at radius 1 is 1.43 bits per heavy atom. The molecule has 1 aliphatic rings. The first-order valence-corrected chi connectivity index (χ1v) is 9.37. The zero-order valence-corrected chi connectivity index (χ0v) is 14.2. The number of halogens is 1. The number of anilines is 1. The molecule has 1 saturated heterocycles. The molecule has 0 saturated carbocycles. The summed E-state index contributed by atoms with van der Waals surface area (Å²) < 4.78 is 34.2. The molecule has 0 spiro atoms. The highest BCUT2D eigenvalue weighted by Gasteiger charge is 2.23. The van der Waals surface area contributed by atoms with Crippen LogP contribution >= 0.6 is 15.9 Å². The first kappa shape index (κ1) is 16.5. The van der Waals surface area contributed by atoms with E-state index in [-0.39, 0.29) is 23.0 Å². The monoisotopic (exact) mass is 378 g/mol. The first-order valence-electron chi connectivity index (χ1n) is 6.93. The second-order valence-electron chi connectivity index (χ2n) is 5.05. The fraction of sp³-hybridized carbons (Fsp3) is 0.615. The molecule has 8 heteroatoms. The summed E-state index contributed by atoms with van der Waals surface area (Å²) >= 11 is 3.15. The fourth-order valence-corrected chi connectivity index (χ4v) is 4.04. The minimum absolute atomic E-state index is 0.0574. The molecule has 0 radical (unpaired) electrons. The van der Waals surface area contributed by atoms with E-state index in [0.717, 1.165) is 19.3 Å². The Kier molecular flexibility index (Phi) is 5.45. The summed E-state index contributed by atoms with van der Waals surface area (Å²) in [5.74, 6) is -0.120. The number of aromatic nitrogens is 1. The molecule has 1 fully saturated rings. The molecule has 0 amide bonds. The van der Waals surface area contributed by atoms with E-state index in [9.17, 15) is 13.2 Å². The van der Waals surface area contributed by atoms with E-state index >= 15 is 0 Å². The number of nitrogens with one attached hydrogen (secondary N) is 1. The van der Waals surface area contributed by atoms with Crippen LogP contribution in [0.4, 0.5) is 5.69 Å². The quantitative estimate of drug-likeness (QED) is 0.848. The summed E-state index contributed by atoms with van der Waals surface area (Å²) in [6.45, 7) is 3.14. The molecule has 118 valence electrons. The van der Waals surface area contributed by atoms with Crippen molar-refractivity contribution in [3.8, 4) is 0 Å². The first-order chi connectivity index (χ1) is 9.91. The molecule has 2 heterocycles. The number of ether oxygens (including phenoxy) is 1. The number of nitrogens with zero attached hydrogens (tertiary/aromatic N) is 1. The summed E-state index contributed by atoms with van der Waals surface area (Å²) in [5, 5.41) is 0. The maximum Gasteiger partial charge on any atom is 0.235 e. The van der Waals surface area contributed by atoms with Gasteiger partial charge in [0.15, 0.2) is 0 Å². The Labute approximate surface area is 132 Å². The van der Waals surface area contributed by atoms with Crippen molar-refractivity contribution < 1.29 is 13.2 Å². The Morgan fingerprint density at radius 3 is 2.81 bits per heavy atom. The molecule has 21 heavy (non-hydrogen) atoms. The SMILES string of the molecule is CCn1cc(Br)c(=O)c(NS(=O)(=O)CC2CCCCO2)c1. The normalized spacial score (nSPS) is 19.4. The van der Waals surface area contributed by atoms with E-state index in [0.29, 0.717) is 17.6 Å². The summed E-state index contributed by atoms with van der Waals surface area (Å²) in [4.78, 5) is 12.0. The van der Waals surface area contributed by atoms with Gasteiger partial charge in [0, 0.05) is 25.5 Å². The summed E-state index contributed by atoms with van der Waals surface area (Å²) in [5.41, 5.74) is -0.310. The molecule has 0 aliphatic carbocycles. The third-order valence-corrected chi connectivity index (χ3v) is 5.25. The number of hydrogen-bond donors (Lipinski definition) is 1. The zero-order valence-electron chi connectivity index (χ0n) is 11.8. The highest BCUT2D eigenvalue weighted by Crippen LogP contribution is 2.16. The van der Waals surface area contributed by atoms with Crippen LogP contribution in [0.25, 0.3) is 0 Å². The lowest BCUT2D eigenvalue weighted by Gasteiger charge is -2.22. The van der Waals surface area contributed by atoms with Gasteiger partial charge in [-0.3, -0.25) is 9.52 Å². The van der Waals surface area contributed by atoms with Crippen molar-refractivity contribution in [1.29, 1.82) is 0 Å². The lowest BCUT2D eigenvalue weighted by Crippen LogP contribution is -2.32. The van der Waals surface area contributed by atoms with Gasteiger partial charge in [0.1, 0.15) is 5.69 Å². The standard InChI is InChI=1S/C13H19BrN2O4S/c1-2-16-7-11(14)13(17)12(8-16)15-21(18,19)9-10-5-3-4-6-20-10/h7-8,10,15H,2-6,9H2,1H3. The van der Waals surface area contributed by atoms with Gasteiger partial charge < -0.3 is 9.30 Å². The molecule has 1 aromatic rings. The lowest BCUT2D eigenvalue weighted by molar-refractivity contribution is 0.0306. The number of rotatable bonds is 5. The molecule has 1 aromatic heterocycles. The van der Waals surface area contributed by atoms with E-state index in [1.165, 1.54) is 6.20 Å². The lowest BCUT2D eigenvalue weighted by atomic mass is 10.1. The average Bonchev–Trinajstić information content (AvgIpc) is 2.44. The second-order valence-corrected chi connectivity index (χ2v) is 7.67. The molecule has 1 unspecified atom stereocenters. The van der Waals surface area contributed by atoms with Crippen molar-refractivity contribution >= 4 is 31.6 Å². The Balaban J connectivity index is 2.16. The van der Waals surface area contributed by atoms with Crippen molar-refractivity contribution in [1.82, 2.24) is 4.57 Å². The average molecular weight is 379 g/mol. The number of sulfonamides is 1. The molecule has 1 atom stereocenters. The zero-order chi connectivity index (χ0) is 15.5. The van der Waals surface area contributed by atoms with Crippen LogP contribution in [-0.4, -0.2) is 31.4 Å². The predicted molar refractivity (Wildman–Crippen MR) is 85.1 cm³/mol. The Bertz CT molecular complexity index is 651. The third-order valence-electron chi connectivity index (χ3n) is 3.35. The number of hydrogen-bond acceptors (Lipinski definition) is 4. The third kappa shape index (κ3) is 4.55. The smallest absolute Gasteiger partial charge is 0.235 e. The topological polar surface area (TPSA) is 77.4 Å². The molecule has 0 aromatic carbocycles. The van der Waals surface area contributed by atoms with E-state index in [1.54, 1.807) is 10.8 Å². The Hall–Kier alpha value is -0.860. The van der Waals surface area contributed by atoms with Crippen LogP contribution in [0.3, 0.4) is 0 Å². The highest BCUT2D eigenvalue weighted by atomic mass is 79.9. The maximum absolute atomic E-state index is 12.2. The van der Waals surface area contributed by atoms with Crippen LogP contribution in [0.1, 0.15) is 26.2 Å². The number of pyridine rings is 1. The van der Waals surface area contributed by atoms with Crippen LogP contribution in [0.2, 0.25) is 0 Å². The van der Waals surface area contributed by atoms with Gasteiger partial charge in [0.05, 0.1) is 16.3 Å². The van der Waals surface area contributed by atoms with Crippen molar-refractivity contribution in [3.63, 3.8) is 0 Å². The largest absolute Gasteiger partial charge is 0.377 e. The van der Waals surface area contributed by atoms with E-state index in [4.69, 9.17) is 4.74 Å². The van der Waals surface area contributed by atoms with Gasteiger partial charge in [-0.15, -0.1) is 0 Å². The van der Waals surface area contributed by atoms with Crippen molar-refractivity contribution in [3.05, 3.63) is 27.1 Å². The van der Waals surface area contributed by atoms with Gasteiger partial charge in [0.2, 0.25) is 15.5 Å². The summed E-state index contributed by atoms with van der Waals surface area (Å²) in [6.07, 6.45) is 5.52. The van der Waals surface area contributed by atoms with Gasteiger partial charge in [-0.2, -0.15) is 0 Å². The molecule has 6 nitrogen and oxygen atoms in total. The van der Waals surface area contributed by atoms with Crippen LogP contribution in [0.5, 0.6) is 0 Å². The summed E-state index contributed by atoms with van der Waals surface area (Å²) in [7, 11) is -3.61. The minimum Gasteiger partial charge on any atom is -0.377 e. The maximum atomic E-state index is 12.2. The molecule has 2 rings (SSSR count). The van der Waals surface area contributed by atoms with Gasteiger partial charge >= 0.3 is 0 Å². The van der Waals surface area contributed by atoms with Crippen LogP contribution in [0, 0.1) is 0 Å². The fourth-order valence-electron chi connectivity index (χ4n) is 2.24. The van der Waals surface area contributed by atoms with Crippen molar-refractivity contribution in [2.24, 2.45) is 0 Å².